The Balaban J connectivity index is 1.32. The number of rotatable bonds is 6. The summed E-state index contributed by atoms with van der Waals surface area (Å²) in [6.07, 6.45) is 0. The molecule has 3 aromatic heterocycles. The molecule has 0 atom stereocenters. The summed E-state index contributed by atoms with van der Waals surface area (Å²) in [5, 5.41) is 0. The molecule has 0 unspecified atom stereocenters. The van der Waals surface area contributed by atoms with Gasteiger partial charge in [-0.1, -0.05) is 60.7 Å². The van der Waals surface area contributed by atoms with E-state index in [2.05, 4.69) is 58.5 Å². The molecule has 0 amide bonds. The first-order valence-electron chi connectivity index (χ1n) is 17.7. The molecule has 0 aliphatic carbocycles. The second-order valence-corrected chi connectivity index (χ2v) is 13.4. The number of hydrogen-bond acceptors (Lipinski definition) is 3. The van der Waals surface area contributed by atoms with Crippen LogP contribution < -0.4 is 0 Å². The van der Waals surface area contributed by atoms with Crippen molar-refractivity contribution in [1.29, 1.82) is 0 Å². The summed E-state index contributed by atoms with van der Waals surface area (Å²) in [6.45, 7) is 2.08. The lowest BCUT2D eigenvalue weighted by atomic mass is 10.0. The molecule has 6 nitrogen and oxygen atoms in total. The van der Waals surface area contributed by atoms with Gasteiger partial charge in [-0.3, -0.25) is 13.7 Å². The monoisotopic (exact) mass is 704 g/mol. The van der Waals surface area contributed by atoms with E-state index >= 15 is 0 Å². The fourth-order valence-electron chi connectivity index (χ4n) is 7.40. The van der Waals surface area contributed by atoms with Crippen molar-refractivity contribution in [2.24, 2.45) is 0 Å². The van der Waals surface area contributed by atoms with Gasteiger partial charge in [0.25, 0.3) is 0 Å². The zero-order chi connectivity index (χ0) is 36.3. The quantitative estimate of drug-likeness (QED) is 0.173. The van der Waals surface area contributed by atoms with Gasteiger partial charge in [-0.05, 0) is 103 Å². The fourth-order valence-corrected chi connectivity index (χ4v) is 7.40. The minimum absolute atomic E-state index is 0.351. The van der Waals surface area contributed by atoms with Crippen LogP contribution in [0.5, 0.6) is 0 Å². The van der Waals surface area contributed by atoms with Crippen molar-refractivity contribution < 1.29 is 8.78 Å². The van der Waals surface area contributed by atoms with E-state index in [0.29, 0.717) is 28.2 Å². The third kappa shape index (κ3) is 5.26. The van der Waals surface area contributed by atoms with Crippen LogP contribution in [0.15, 0.2) is 164 Å². The van der Waals surface area contributed by atoms with Crippen LogP contribution in [0.2, 0.25) is 0 Å². The SMILES string of the molecule is Cc1ccc2nc(-c3cc(-c4nc5cc(F)ccc5n4-c4ccccc4)cc(-c4nc5ccc(F)cc5n4-c4ccccc4)c3)n(-c3ccccc3)c2c1. The van der Waals surface area contributed by atoms with Gasteiger partial charge >= 0.3 is 0 Å². The molecule has 8 heteroatoms. The Morgan fingerprint density at radius 2 is 0.778 bits per heavy atom. The Morgan fingerprint density at radius 1 is 0.370 bits per heavy atom. The maximum absolute atomic E-state index is 14.9. The van der Waals surface area contributed by atoms with Crippen molar-refractivity contribution in [3.8, 4) is 51.2 Å². The van der Waals surface area contributed by atoms with Crippen molar-refractivity contribution in [1.82, 2.24) is 28.7 Å². The highest BCUT2D eigenvalue weighted by atomic mass is 19.1. The number of aromatic nitrogens is 6. The number of hydrogen-bond donors (Lipinski definition) is 0. The second kappa shape index (κ2) is 12.5. The van der Waals surface area contributed by atoms with Crippen LogP contribution in [0.3, 0.4) is 0 Å². The Bertz CT molecular complexity index is 2850. The number of imidazole rings is 3. The first-order valence-corrected chi connectivity index (χ1v) is 17.7. The van der Waals surface area contributed by atoms with Gasteiger partial charge in [0.2, 0.25) is 0 Å². The molecule has 54 heavy (non-hydrogen) atoms. The Morgan fingerprint density at radius 3 is 1.30 bits per heavy atom. The average molecular weight is 705 g/mol. The highest BCUT2D eigenvalue weighted by Gasteiger charge is 2.23. The summed E-state index contributed by atoms with van der Waals surface area (Å²) in [6, 6.07) is 51.8. The van der Waals surface area contributed by atoms with Crippen molar-refractivity contribution in [3.05, 3.63) is 181 Å². The molecule has 0 fully saturated rings. The highest BCUT2D eigenvalue weighted by Crippen LogP contribution is 2.39. The van der Waals surface area contributed by atoms with Gasteiger partial charge in [0, 0.05) is 45.9 Å². The largest absolute Gasteiger partial charge is 0.292 e. The van der Waals surface area contributed by atoms with Crippen LogP contribution in [0.25, 0.3) is 84.3 Å². The molecule has 258 valence electrons. The lowest BCUT2D eigenvalue weighted by Gasteiger charge is -2.15. The molecule has 10 aromatic rings. The van der Waals surface area contributed by atoms with E-state index in [1.165, 1.54) is 24.3 Å². The molecule has 0 aliphatic heterocycles. The molecular formula is C46H30F2N6. The molecule has 0 radical (unpaired) electrons. The minimum Gasteiger partial charge on any atom is -0.292 e. The van der Waals surface area contributed by atoms with Crippen molar-refractivity contribution >= 4 is 33.1 Å². The number of fused-ring (bicyclic) bond motifs is 3. The van der Waals surface area contributed by atoms with Crippen LogP contribution in [0.4, 0.5) is 8.78 Å². The molecule has 0 bridgehead atoms. The molecule has 0 aliphatic rings. The predicted molar refractivity (Wildman–Crippen MR) is 211 cm³/mol. The molecule has 0 saturated heterocycles. The fraction of sp³-hybridized carbons (Fsp3) is 0.0217. The van der Waals surface area contributed by atoms with E-state index in [1.807, 2.05) is 89.5 Å². The van der Waals surface area contributed by atoms with Gasteiger partial charge in [-0.25, -0.2) is 23.7 Å². The number of para-hydroxylation sites is 3. The lowest BCUT2D eigenvalue weighted by Crippen LogP contribution is -2.02. The van der Waals surface area contributed by atoms with E-state index in [-0.39, 0.29) is 11.6 Å². The van der Waals surface area contributed by atoms with Gasteiger partial charge in [-0.15, -0.1) is 0 Å². The van der Waals surface area contributed by atoms with Crippen molar-refractivity contribution in [2.45, 2.75) is 6.92 Å². The molecule has 3 heterocycles. The summed E-state index contributed by atoms with van der Waals surface area (Å²) >= 11 is 0. The summed E-state index contributed by atoms with van der Waals surface area (Å²) in [5.41, 5.74) is 10.6. The third-order valence-corrected chi connectivity index (χ3v) is 9.79. The number of benzene rings is 7. The molecular weight excluding hydrogens is 675 g/mol. The van der Waals surface area contributed by atoms with E-state index in [1.54, 1.807) is 12.1 Å². The van der Waals surface area contributed by atoms with Crippen molar-refractivity contribution in [3.63, 3.8) is 0 Å². The van der Waals surface area contributed by atoms with Gasteiger partial charge < -0.3 is 0 Å². The minimum atomic E-state index is -0.364. The Labute approximate surface area is 308 Å². The topological polar surface area (TPSA) is 53.5 Å². The maximum Gasteiger partial charge on any atom is 0.145 e. The van der Waals surface area contributed by atoms with Gasteiger partial charge in [0.05, 0.1) is 33.1 Å². The van der Waals surface area contributed by atoms with E-state index in [0.717, 1.165) is 61.7 Å². The lowest BCUT2D eigenvalue weighted by molar-refractivity contribution is 0.629. The first kappa shape index (κ1) is 31.5. The van der Waals surface area contributed by atoms with Gasteiger partial charge in [-0.2, -0.15) is 0 Å². The van der Waals surface area contributed by atoms with Crippen LogP contribution in [0, 0.1) is 18.6 Å². The van der Waals surface area contributed by atoms with Crippen molar-refractivity contribution in [2.75, 3.05) is 0 Å². The smallest absolute Gasteiger partial charge is 0.145 e. The highest BCUT2D eigenvalue weighted by molar-refractivity contribution is 5.90. The van der Waals surface area contributed by atoms with Crippen LogP contribution in [-0.2, 0) is 0 Å². The molecule has 7 aromatic carbocycles. The number of nitrogens with zero attached hydrogens (tertiary/aromatic N) is 6. The standard InChI is InChI=1S/C46H30F2N6/c1-29-17-20-38-42(23-29)53(36-13-7-3-8-14-36)44(49-38)30-24-31(45-50-39-21-18-34(48)28-43(39)54(45)37-15-9-4-10-16-37)26-32(25-30)46-51-40-27-33(47)19-22-41(40)52(46)35-11-5-2-6-12-35/h2-28H,1H3. The average Bonchev–Trinajstić information content (AvgIpc) is 3.90. The zero-order valence-electron chi connectivity index (χ0n) is 29.0. The van der Waals surface area contributed by atoms with Gasteiger partial charge in [0.1, 0.15) is 29.1 Å². The van der Waals surface area contributed by atoms with E-state index < -0.39 is 0 Å². The summed E-state index contributed by atoms with van der Waals surface area (Å²) in [5.74, 6) is 1.26. The summed E-state index contributed by atoms with van der Waals surface area (Å²) in [4.78, 5) is 15.5. The summed E-state index contributed by atoms with van der Waals surface area (Å²) < 4.78 is 35.8. The van der Waals surface area contributed by atoms with Crippen LogP contribution in [-0.4, -0.2) is 28.7 Å². The second-order valence-electron chi connectivity index (χ2n) is 13.4. The zero-order valence-corrected chi connectivity index (χ0v) is 29.0. The Kier molecular flexibility index (Phi) is 7.30. The van der Waals surface area contributed by atoms with E-state index in [4.69, 9.17) is 15.0 Å². The molecule has 0 spiro atoms. The van der Waals surface area contributed by atoms with E-state index in [9.17, 15) is 8.78 Å². The molecule has 0 saturated carbocycles. The third-order valence-electron chi connectivity index (χ3n) is 9.79. The first-order chi connectivity index (χ1) is 26.5. The normalized spacial score (nSPS) is 11.6. The predicted octanol–water partition coefficient (Wildman–Crippen LogP) is 11.3. The molecule has 0 N–H and O–H groups in total. The summed E-state index contributed by atoms with van der Waals surface area (Å²) in [7, 11) is 0. The maximum atomic E-state index is 14.9. The Hall–Kier alpha value is -7.19. The van der Waals surface area contributed by atoms with Gasteiger partial charge in [0.15, 0.2) is 0 Å². The number of aryl methyl sites for hydroxylation is 1. The van der Waals surface area contributed by atoms with Crippen LogP contribution >= 0.6 is 0 Å². The van der Waals surface area contributed by atoms with Crippen LogP contribution in [0.1, 0.15) is 5.56 Å². The molecule has 10 rings (SSSR count). The number of halogens is 2.